The van der Waals surface area contributed by atoms with Gasteiger partial charge in [-0.2, -0.15) is 0 Å². The van der Waals surface area contributed by atoms with Gasteiger partial charge in [-0.1, -0.05) is 5.57 Å². The van der Waals surface area contributed by atoms with Gasteiger partial charge in [0.05, 0.1) is 7.11 Å². The van der Waals surface area contributed by atoms with Gasteiger partial charge in [0.25, 0.3) is 0 Å². The first-order chi connectivity index (χ1) is 6.51. The molecule has 0 fully saturated rings. The second-order valence-corrected chi connectivity index (χ2v) is 3.15. The number of amides is 1. The first-order valence-corrected chi connectivity index (χ1v) is 4.51. The van der Waals surface area contributed by atoms with Crippen molar-refractivity contribution in [3.05, 3.63) is 11.6 Å². The molecule has 0 aliphatic carbocycles. The maximum atomic E-state index is 11.5. The summed E-state index contributed by atoms with van der Waals surface area (Å²) in [5.41, 5.74) is 0.915. The van der Waals surface area contributed by atoms with Crippen molar-refractivity contribution >= 4 is 11.9 Å². The molecule has 0 aromatic carbocycles. The van der Waals surface area contributed by atoms with Gasteiger partial charge in [0.1, 0.15) is 6.54 Å². The van der Waals surface area contributed by atoms with E-state index in [0.717, 1.165) is 5.57 Å². The number of likely N-dealkylation sites (N-methyl/N-ethyl adjacent to an activating group) is 1. The van der Waals surface area contributed by atoms with Crippen LogP contribution in [-0.4, -0.2) is 37.0 Å². The number of hydrogen-bond donors (Lipinski definition) is 0. The van der Waals surface area contributed by atoms with Crippen molar-refractivity contribution < 1.29 is 14.3 Å². The lowest BCUT2D eigenvalue weighted by atomic mass is 10.3. The van der Waals surface area contributed by atoms with Crippen molar-refractivity contribution in [3.8, 4) is 0 Å². The van der Waals surface area contributed by atoms with Gasteiger partial charge in [0, 0.05) is 12.6 Å². The van der Waals surface area contributed by atoms with Gasteiger partial charge in [-0.3, -0.25) is 9.59 Å². The summed E-state index contributed by atoms with van der Waals surface area (Å²) in [5, 5.41) is 0. The molecular weight excluding hydrogens is 182 g/mol. The number of hydrogen-bond acceptors (Lipinski definition) is 3. The molecule has 0 bridgehead atoms. The Hall–Kier alpha value is -1.32. The number of allylic oxidation sites excluding steroid dienone is 1. The highest BCUT2D eigenvalue weighted by atomic mass is 16.5. The van der Waals surface area contributed by atoms with Crippen molar-refractivity contribution in [2.24, 2.45) is 0 Å². The van der Waals surface area contributed by atoms with Crippen molar-refractivity contribution in [2.45, 2.75) is 20.8 Å². The third kappa shape index (κ3) is 4.64. The van der Waals surface area contributed by atoms with E-state index in [4.69, 9.17) is 0 Å². The summed E-state index contributed by atoms with van der Waals surface area (Å²) in [7, 11) is 1.31. The molecule has 14 heavy (non-hydrogen) atoms. The van der Waals surface area contributed by atoms with Gasteiger partial charge in [-0.25, -0.2) is 0 Å². The van der Waals surface area contributed by atoms with Crippen molar-refractivity contribution in [3.63, 3.8) is 0 Å². The molecule has 0 heterocycles. The van der Waals surface area contributed by atoms with Crippen LogP contribution < -0.4 is 0 Å². The van der Waals surface area contributed by atoms with E-state index in [-0.39, 0.29) is 12.5 Å². The highest BCUT2D eigenvalue weighted by Gasteiger charge is 2.13. The minimum atomic E-state index is -0.401. The van der Waals surface area contributed by atoms with Crippen LogP contribution in [0.2, 0.25) is 0 Å². The number of nitrogens with zero attached hydrogens (tertiary/aromatic N) is 1. The lowest BCUT2D eigenvalue weighted by Gasteiger charge is -2.17. The lowest BCUT2D eigenvalue weighted by Crippen LogP contribution is -2.34. The minimum absolute atomic E-state index is 0.00954. The molecule has 0 unspecified atom stereocenters. The first-order valence-electron chi connectivity index (χ1n) is 4.51. The Morgan fingerprint density at radius 2 is 1.93 bits per heavy atom. The quantitative estimate of drug-likeness (QED) is 0.500. The number of carbonyl (C=O) groups is 2. The van der Waals surface area contributed by atoms with E-state index >= 15 is 0 Å². The maximum Gasteiger partial charge on any atom is 0.325 e. The van der Waals surface area contributed by atoms with Gasteiger partial charge in [-0.15, -0.1) is 0 Å². The van der Waals surface area contributed by atoms with Crippen molar-refractivity contribution in [1.29, 1.82) is 0 Å². The third-order valence-corrected chi connectivity index (χ3v) is 1.65. The second-order valence-electron chi connectivity index (χ2n) is 3.15. The minimum Gasteiger partial charge on any atom is -0.468 e. The standard InChI is InChI=1S/C10H17NO3/c1-5-11(7-10(13)14-4)9(12)6-8(2)3/h6H,5,7H2,1-4H3. The molecule has 0 saturated heterocycles. The zero-order valence-corrected chi connectivity index (χ0v) is 9.16. The Morgan fingerprint density at radius 3 is 2.29 bits per heavy atom. The van der Waals surface area contributed by atoms with Crippen LogP contribution in [0.3, 0.4) is 0 Å². The average Bonchev–Trinajstić information content (AvgIpc) is 2.12. The largest absolute Gasteiger partial charge is 0.468 e. The number of rotatable bonds is 4. The predicted molar refractivity (Wildman–Crippen MR) is 53.7 cm³/mol. The Labute approximate surface area is 84.5 Å². The Morgan fingerprint density at radius 1 is 1.36 bits per heavy atom. The van der Waals surface area contributed by atoms with E-state index in [0.29, 0.717) is 6.54 Å². The van der Waals surface area contributed by atoms with Gasteiger partial charge >= 0.3 is 5.97 Å². The highest BCUT2D eigenvalue weighted by molar-refractivity contribution is 5.90. The SMILES string of the molecule is CCN(CC(=O)OC)C(=O)C=C(C)C. The summed E-state index contributed by atoms with van der Waals surface area (Å²) in [5.74, 6) is -0.555. The molecular formula is C10H17NO3. The van der Waals surface area contributed by atoms with Crippen molar-refractivity contribution in [1.82, 2.24) is 4.90 Å². The molecule has 0 aliphatic heterocycles. The molecule has 0 N–H and O–H groups in total. The molecule has 4 heteroatoms. The van der Waals surface area contributed by atoms with E-state index in [1.807, 2.05) is 20.8 Å². The van der Waals surface area contributed by atoms with Crippen LogP contribution in [0, 0.1) is 0 Å². The summed E-state index contributed by atoms with van der Waals surface area (Å²) < 4.78 is 4.48. The van der Waals surface area contributed by atoms with Gasteiger partial charge < -0.3 is 9.64 Å². The van der Waals surface area contributed by atoms with Crippen LogP contribution in [0.15, 0.2) is 11.6 Å². The van der Waals surface area contributed by atoms with Crippen LogP contribution in [-0.2, 0) is 14.3 Å². The third-order valence-electron chi connectivity index (χ3n) is 1.65. The van der Waals surface area contributed by atoms with E-state index in [1.165, 1.54) is 18.1 Å². The zero-order chi connectivity index (χ0) is 11.1. The second kappa shape index (κ2) is 6.18. The van der Waals surface area contributed by atoms with Gasteiger partial charge in [0.2, 0.25) is 5.91 Å². The van der Waals surface area contributed by atoms with E-state index in [1.54, 1.807) is 0 Å². The fourth-order valence-electron chi connectivity index (χ4n) is 0.904. The number of methoxy groups -OCH3 is 1. The van der Waals surface area contributed by atoms with Crippen LogP contribution in [0.4, 0.5) is 0 Å². The summed E-state index contributed by atoms with van der Waals surface area (Å²) in [6.45, 7) is 6.00. The topological polar surface area (TPSA) is 46.6 Å². The molecule has 0 aromatic rings. The van der Waals surface area contributed by atoms with Gasteiger partial charge in [-0.05, 0) is 20.8 Å². The molecule has 0 radical (unpaired) electrons. The molecule has 4 nitrogen and oxygen atoms in total. The Balaban J connectivity index is 4.34. The molecule has 80 valence electrons. The molecule has 0 rings (SSSR count). The summed E-state index contributed by atoms with van der Waals surface area (Å²) in [6.07, 6.45) is 1.51. The molecule has 0 aliphatic rings. The zero-order valence-electron chi connectivity index (χ0n) is 9.16. The predicted octanol–water partition coefficient (Wildman–Crippen LogP) is 0.974. The van der Waals surface area contributed by atoms with Crippen LogP contribution in [0.1, 0.15) is 20.8 Å². The fraction of sp³-hybridized carbons (Fsp3) is 0.600. The maximum absolute atomic E-state index is 11.5. The smallest absolute Gasteiger partial charge is 0.325 e. The number of esters is 1. The molecule has 0 saturated carbocycles. The molecule has 0 atom stereocenters. The summed E-state index contributed by atoms with van der Waals surface area (Å²) >= 11 is 0. The van der Waals surface area contributed by atoms with Crippen LogP contribution in [0.25, 0.3) is 0 Å². The Bertz CT molecular complexity index is 242. The number of carbonyl (C=O) groups excluding carboxylic acids is 2. The Kier molecular flexibility index (Phi) is 5.60. The van der Waals surface area contributed by atoms with E-state index < -0.39 is 5.97 Å². The van der Waals surface area contributed by atoms with Crippen LogP contribution >= 0.6 is 0 Å². The number of ether oxygens (including phenoxy) is 1. The van der Waals surface area contributed by atoms with Crippen molar-refractivity contribution in [2.75, 3.05) is 20.2 Å². The van der Waals surface area contributed by atoms with Crippen LogP contribution in [0.5, 0.6) is 0 Å². The normalized spacial score (nSPS) is 9.14. The summed E-state index contributed by atoms with van der Waals surface area (Å²) in [6, 6.07) is 0. The van der Waals surface area contributed by atoms with E-state index in [2.05, 4.69) is 4.74 Å². The first kappa shape index (κ1) is 12.7. The molecule has 0 spiro atoms. The highest BCUT2D eigenvalue weighted by Crippen LogP contribution is 1.96. The molecule has 0 aromatic heterocycles. The monoisotopic (exact) mass is 199 g/mol. The fourth-order valence-corrected chi connectivity index (χ4v) is 0.904. The van der Waals surface area contributed by atoms with E-state index in [9.17, 15) is 9.59 Å². The summed E-state index contributed by atoms with van der Waals surface area (Å²) in [4.78, 5) is 23.8. The lowest BCUT2D eigenvalue weighted by molar-refractivity contribution is -0.145. The average molecular weight is 199 g/mol. The van der Waals surface area contributed by atoms with Gasteiger partial charge in [0.15, 0.2) is 0 Å². The molecule has 1 amide bonds.